The third-order valence-electron chi connectivity index (χ3n) is 1.12. The zero-order chi connectivity index (χ0) is 8.48. The van der Waals surface area contributed by atoms with Crippen LogP contribution in [-0.2, 0) is 4.74 Å². The fraction of sp³-hybridized carbons (Fsp3) is 0.500. The summed E-state index contributed by atoms with van der Waals surface area (Å²) in [5.41, 5.74) is 0.318. The van der Waals surface area contributed by atoms with Crippen molar-refractivity contribution in [3.63, 3.8) is 0 Å². The molecule has 1 unspecified atom stereocenters. The van der Waals surface area contributed by atoms with Gasteiger partial charge in [0.1, 0.15) is 0 Å². The SMILES string of the molecule is CC1=NC(C(F)(F)F)OC=C1. The Morgan fingerprint density at radius 1 is 1.55 bits per heavy atom. The van der Waals surface area contributed by atoms with Crippen LogP contribution in [0.4, 0.5) is 13.2 Å². The smallest absolute Gasteiger partial charge is 0.447 e. The van der Waals surface area contributed by atoms with Crippen LogP contribution in [0.2, 0.25) is 0 Å². The van der Waals surface area contributed by atoms with Gasteiger partial charge in [-0.1, -0.05) is 0 Å². The molecule has 0 fully saturated rings. The second-order valence-corrected chi connectivity index (χ2v) is 2.10. The summed E-state index contributed by atoms with van der Waals surface area (Å²) >= 11 is 0. The minimum Gasteiger partial charge on any atom is -0.467 e. The Balaban J connectivity index is 2.71. The number of halogens is 3. The van der Waals surface area contributed by atoms with Crippen molar-refractivity contribution in [3.8, 4) is 0 Å². The molecule has 0 amide bonds. The van der Waals surface area contributed by atoms with Gasteiger partial charge in [-0.25, -0.2) is 4.99 Å². The molecule has 0 radical (unpaired) electrons. The van der Waals surface area contributed by atoms with Gasteiger partial charge in [0.2, 0.25) is 0 Å². The van der Waals surface area contributed by atoms with Gasteiger partial charge in [-0.3, -0.25) is 0 Å². The maximum atomic E-state index is 11.8. The molecule has 0 aromatic carbocycles. The maximum Gasteiger partial charge on any atom is 0.447 e. The van der Waals surface area contributed by atoms with E-state index in [1.165, 1.54) is 13.0 Å². The molecule has 1 aliphatic rings. The topological polar surface area (TPSA) is 21.6 Å². The van der Waals surface area contributed by atoms with Crippen molar-refractivity contribution in [1.29, 1.82) is 0 Å². The molecule has 1 aliphatic heterocycles. The van der Waals surface area contributed by atoms with Gasteiger partial charge in [-0.05, 0) is 13.0 Å². The standard InChI is InChI=1S/C6H6F3NO/c1-4-2-3-11-5(10-4)6(7,8)9/h2-3,5H,1H3. The number of ether oxygens (including phenoxy) is 1. The molecule has 1 rings (SSSR count). The summed E-state index contributed by atoms with van der Waals surface area (Å²) in [6.45, 7) is 1.48. The molecule has 62 valence electrons. The van der Waals surface area contributed by atoms with Gasteiger partial charge in [0.05, 0.1) is 6.26 Å². The Kier molecular flexibility index (Phi) is 1.89. The lowest BCUT2D eigenvalue weighted by molar-refractivity contribution is -0.203. The average Bonchev–Trinajstić information content (AvgIpc) is 1.86. The number of aliphatic imine (C=N–C) groups is 1. The van der Waals surface area contributed by atoms with Crippen molar-refractivity contribution in [2.24, 2.45) is 4.99 Å². The molecular weight excluding hydrogens is 159 g/mol. The van der Waals surface area contributed by atoms with Crippen molar-refractivity contribution in [1.82, 2.24) is 0 Å². The van der Waals surface area contributed by atoms with Crippen LogP contribution in [0.5, 0.6) is 0 Å². The van der Waals surface area contributed by atoms with Crippen LogP contribution in [0.3, 0.4) is 0 Å². The molecule has 0 saturated carbocycles. The molecule has 0 aromatic heterocycles. The van der Waals surface area contributed by atoms with Crippen LogP contribution in [0.1, 0.15) is 6.92 Å². The summed E-state index contributed by atoms with van der Waals surface area (Å²) in [6, 6.07) is 0. The van der Waals surface area contributed by atoms with Crippen molar-refractivity contribution in [2.75, 3.05) is 0 Å². The van der Waals surface area contributed by atoms with Crippen LogP contribution in [0, 0.1) is 0 Å². The number of hydrogen-bond acceptors (Lipinski definition) is 2. The summed E-state index contributed by atoms with van der Waals surface area (Å²) in [4.78, 5) is 3.24. The number of nitrogens with zero attached hydrogens (tertiary/aromatic N) is 1. The Morgan fingerprint density at radius 2 is 2.18 bits per heavy atom. The van der Waals surface area contributed by atoms with Gasteiger partial charge in [0.25, 0.3) is 6.23 Å². The fourth-order valence-corrected chi connectivity index (χ4v) is 0.621. The second-order valence-electron chi connectivity index (χ2n) is 2.10. The van der Waals surface area contributed by atoms with E-state index in [9.17, 15) is 13.2 Å². The molecule has 1 atom stereocenters. The Labute approximate surface area is 61.4 Å². The van der Waals surface area contributed by atoms with Crippen molar-refractivity contribution in [2.45, 2.75) is 19.3 Å². The third kappa shape index (κ3) is 1.96. The molecule has 0 N–H and O–H groups in total. The highest BCUT2D eigenvalue weighted by Crippen LogP contribution is 2.25. The molecule has 0 aromatic rings. The fourth-order valence-electron chi connectivity index (χ4n) is 0.621. The van der Waals surface area contributed by atoms with Crippen molar-refractivity contribution in [3.05, 3.63) is 12.3 Å². The van der Waals surface area contributed by atoms with E-state index in [2.05, 4.69) is 9.73 Å². The lowest BCUT2D eigenvalue weighted by Gasteiger charge is -2.18. The maximum absolute atomic E-state index is 11.8. The first kappa shape index (κ1) is 8.10. The van der Waals surface area contributed by atoms with E-state index < -0.39 is 12.4 Å². The van der Waals surface area contributed by atoms with E-state index in [0.717, 1.165) is 6.26 Å². The molecule has 0 saturated heterocycles. The highest BCUT2D eigenvalue weighted by Gasteiger charge is 2.41. The van der Waals surface area contributed by atoms with E-state index in [-0.39, 0.29) is 0 Å². The summed E-state index contributed by atoms with van der Waals surface area (Å²) in [5, 5.41) is 0. The summed E-state index contributed by atoms with van der Waals surface area (Å²) in [5.74, 6) is 0. The lowest BCUT2D eigenvalue weighted by Crippen LogP contribution is -2.30. The molecule has 1 heterocycles. The monoisotopic (exact) mass is 165 g/mol. The summed E-state index contributed by atoms with van der Waals surface area (Å²) in [6.07, 6.45) is -4.05. The largest absolute Gasteiger partial charge is 0.467 e. The van der Waals surface area contributed by atoms with Crippen molar-refractivity contribution >= 4 is 5.71 Å². The number of alkyl halides is 3. The number of hydrogen-bond donors (Lipinski definition) is 0. The van der Waals surface area contributed by atoms with Gasteiger partial charge in [0.15, 0.2) is 0 Å². The van der Waals surface area contributed by atoms with Gasteiger partial charge in [-0.15, -0.1) is 0 Å². The van der Waals surface area contributed by atoms with Gasteiger partial charge < -0.3 is 4.74 Å². The number of rotatable bonds is 0. The first-order chi connectivity index (χ1) is 5.00. The van der Waals surface area contributed by atoms with E-state index in [1.54, 1.807) is 0 Å². The van der Waals surface area contributed by atoms with Gasteiger partial charge in [-0.2, -0.15) is 13.2 Å². The van der Waals surface area contributed by atoms with Crippen LogP contribution in [-0.4, -0.2) is 18.1 Å². The van der Waals surface area contributed by atoms with E-state index in [1.807, 2.05) is 0 Å². The Morgan fingerprint density at radius 3 is 2.55 bits per heavy atom. The second kappa shape index (κ2) is 2.56. The molecule has 2 nitrogen and oxygen atoms in total. The zero-order valence-corrected chi connectivity index (χ0v) is 5.72. The summed E-state index contributed by atoms with van der Waals surface area (Å²) < 4.78 is 39.8. The number of allylic oxidation sites excluding steroid dienone is 1. The van der Waals surface area contributed by atoms with Crippen LogP contribution >= 0.6 is 0 Å². The molecule has 11 heavy (non-hydrogen) atoms. The highest BCUT2D eigenvalue weighted by atomic mass is 19.4. The molecule has 0 spiro atoms. The van der Waals surface area contributed by atoms with E-state index in [0.29, 0.717) is 5.71 Å². The highest BCUT2D eigenvalue weighted by molar-refractivity contribution is 5.93. The molecule has 5 heteroatoms. The van der Waals surface area contributed by atoms with Gasteiger partial charge in [0, 0.05) is 5.71 Å². The first-order valence-electron chi connectivity index (χ1n) is 2.93. The lowest BCUT2D eigenvalue weighted by atomic mass is 10.4. The van der Waals surface area contributed by atoms with E-state index >= 15 is 0 Å². The Hall–Kier alpha value is -1.00. The van der Waals surface area contributed by atoms with E-state index in [4.69, 9.17) is 0 Å². The van der Waals surface area contributed by atoms with Crippen molar-refractivity contribution < 1.29 is 17.9 Å². The normalized spacial score (nSPS) is 24.4. The van der Waals surface area contributed by atoms with Crippen LogP contribution < -0.4 is 0 Å². The van der Waals surface area contributed by atoms with Gasteiger partial charge >= 0.3 is 6.18 Å². The third-order valence-corrected chi connectivity index (χ3v) is 1.12. The zero-order valence-electron chi connectivity index (χ0n) is 5.72. The quantitative estimate of drug-likeness (QED) is 0.537. The molecule has 0 bridgehead atoms. The minimum absolute atomic E-state index is 0.318. The predicted molar refractivity (Wildman–Crippen MR) is 33.2 cm³/mol. The van der Waals surface area contributed by atoms with Crippen LogP contribution in [0.15, 0.2) is 17.3 Å². The summed E-state index contributed by atoms with van der Waals surface area (Å²) in [7, 11) is 0. The molecular formula is C6H6F3NO. The first-order valence-corrected chi connectivity index (χ1v) is 2.93. The predicted octanol–water partition coefficient (Wildman–Crippen LogP) is 1.88. The van der Waals surface area contributed by atoms with Crippen LogP contribution in [0.25, 0.3) is 0 Å². The minimum atomic E-state index is -4.41. The Bertz CT molecular complexity index is 206. The average molecular weight is 165 g/mol. The molecule has 0 aliphatic carbocycles.